The Hall–Kier alpha value is -4.07. The maximum Gasteiger partial charge on any atom is 0.326 e. The monoisotopic (exact) mass is 722 g/mol. The van der Waals surface area contributed by atoms with Crippen molar-refractivity contribution in [1.82, 2.24) is 14.9 Å². The van der Waals surface area contributed by atoms with E-state index in [4.69, 9.17) is 4.74 Å². The van der Waals surface area contributed by atoms with Gasteiger partial charge < -0.3 is 25.0 Å². The molecule has 1 saturated heterocycles. The molecule has 11 nitrogen and oxygen atoms in total. The number of carboxylic acids is 1. The van der Waals surface area contributed by atoms with Gasteiger partial charge in [0.2, 0.25) is 10.0 Å². The summed E-state index contributed by atoms with van der Waals surface area (Å²) in [6, 6.07) is 19.6. The predicted octanol–water partition coefficient (Wildman–Crippen LogP) is 5.88. The summed E-state index contributed by atoms with van der Waals surface area (Å²) >= 11 is 1.37. The molecule has 50 heavy (non-hydrogen) atoms. The summed E-state index contributed by atoms with van der Waals surface area (Å²) in [4.78, 5) is 42.5. The van der Waals surface area contributed by atoms with Gasteiger partial charge in [0.15, 0.2) is 6.61 Å². The van der Waals surface area contributed by atoms with E-state index >= 15 is 0 Å². The van der Waals surface area contributed by atoms with Gasteiger partial charge in [-0.15, -0.1) is 11.8 Å². The predicted molar refractivity (Wildman–Crippen MR) is 194 cm³/mol. The number of carboxylic acid groups (broad SMARTS) is 1. The van der Waals surface area contributed by atoms with Crippen LogP contribution < -0.4 is 19.7 Å². The van der Waals surface area contributed by atoms with Crippen molar-refractivity contribution in [1.29, 1.82) is 0 Å². The zero-order valence-corrected chi connectivity index (χ0v) is 30.4. The van der Waals surface area contributed by atoms with Gasteiger partial charge in [-0.2, -0.15) is 0 Å². The molecular weight excluding hydrogens is 677 g/mol. The highest BCUT2D eigenvalue weighted by Gasteiger charge is 2.43. The van der Waals surface area contributed by atoms with Crippen molar-refractivity contribution in [3.63, 3.8) is 0 Å². The largest absolute Gasteiger partial charge is 0.483 e. The molecule has 3 aromatic rings. The van der Waals surface area contributed by atoms with E-state index < -0.39 is 52.0 Å². The highest BCUT2D eigenvalue weighted by atomic mass is 32.2. The molecule has 2 atom stereocenters. The van der Waals surface area contributed by atoms with Gasteiger partial charge >= 0.3 is 5.97 Å². The molecule has 3 aromatic carbocycles. The van der Waals surface area contributed by atoms with Crippen molar-refractivity contribution in [3.8, 4) is 5.75 Å². The highest BCUT2D eigenvalue weighted by molar-refractivity contribution is 7.98. The Kier molecular flexibility index (Phi) is 12.1. The van der Waals surface area contributed by atoms with Gasteiger partial charge in [-0.25, -0.2) is 17.9 Å². The van der Waals surface area contributed by atoms with Crippen molar-refractivity contribution < 1.29 is 32.6 Å². The quantitative estimate of drug-likeness (QED) is 0.164. The van der Waals surface area contributed by atoms with Gasteiger partial charge in [0.25, 0.3) is 11.8 Å². The average Bonchev–Trinajstić information content (AvgIpc) is 3.18. The van der Waals surface area contributed by atoms with Crippen LogP contribution in [-0.2, 0) is 24.4 Å². The molecule has 2 amide bonds. The van der Waals surface area contributed by atoms with Gasteiger partial charge in [0.05, 0.1) is 16.1 Å². The van der Waals surface area contributed by atoms with Crippen LogP contribution in [0.1, 0.15) is 70.4 Å². The molecule has 0 saturated carbocycles. The molecule has 268 valence electrons. The van der Waals surface area contributed by atoms with Crippen LogP contribution in [0.5, 0.6) is 5.75 Å². The SMILES string of the molecule is CCCCC1(CCCC)CN(c2ccccc2)c2cc(SC)c(OCC(=O)N[C@@H](C(=O)N3CC[C@H]3C(=O)O)c3ccccc3)cc2S(=O)(=O)N1. The third kappa shape index (κ3) is 8.27. The molecule has 2 aliphatic heterocycles. The first-order valence-corrected chi connectivity index (χ1v) is 19.8. The fourth-order valence-corrected chi connectivity index (χ4v) is 8.80. The van der Waals surface area contributed by atoms with Gasteiger partial charge in [-0.05, 0) is 49.3 Å². The third-order valence-electron chi connectivity index (χ3n) is 9.35. The number of benzene rings is 3. The molecule has 13 heteroatoms. The minimum Gasteiger partial charge on any atom is -0.483 e. The maximum atomic E-state index is 14.3. The van der Waals surface area contributed by atoms with Crippen LogP contribution in [-0.4, -0.2) is 73.7 Å². The Morgan fingerprint density at radius 1 is 1.02 bits per heavy atom. The van der Waals surface area contributed by atoms with Gasteiger partial charge in [0.1, 0.15) is 22.7 Å². The standard InChI is InChI=1S/C37H46N4O7S2/c1-4-6-19-37(20-7-5-2)25-41(27-16-12-9-13-17-27)29-22-31(49-3)30(23-32(29)50(46,47)39-37)48-24-33(42)38-34(26-14-10-8-11-15-26)35(43)40-21-18-28(40)36(44)45/h8-17,22-23,28,34,39H,4-7,18-21,24-25H2,1-3H3,(H,38,42)(H,44,45)/t28-,34+/m0/s1. The summed E-state index contributed by atoms with van der Waals surface area (Å²) in [6.07, 6.45) is 7.16. The smallest absolute Gasteiger partial charge is 0.326 e. The lowest BCUT2D eigenvalue weighted by atomic mass is 9.87. The summed E-state index contributed by atoms with van der Waals surface area (Å²) in [5, 5.41) is 12.2. The number of carbonyl (C=O) groups is 3. The molecule has 3 N–H and O–H groups in total. The van der Waals surface area contributed by atoms with Crippen molar-refractivity contribution in [3.05, 3.63) is 78.4 Å². The minimum atomic E-state index is -4.04. The number of unbranched alkanes of at least 4 members (excludes halogenated alkanes) is 2. The van der Waals surface area contributed by atoms with Crippen LogP contribution in [0.15, 0.2) is 82.6 Å². The number of nitrogens with zero attached hydrogens (tertiary/aromatic N) is 2. The number of fused-ring (bicyclic) bond motifs is 1. The second-order valence-electron chi connectivity index (χ2n) is 12.9. The van der Waals surface area contributed by atoms with E-state index in [9.17, 15) is 27.9 Å². The summed E-state index contributed by atoms with van der Waals surface area (Å²) in [6.45, 7) is 4.43. The Labute approximate surface area is 298 Å². The number of hydrogen-bond donors (Lipinski definition) is 3. The topological polar surface area (TPSA) is 145 Å². The Balaban J connectivity index is 1.46. The molecule has 0 spiro atoms. The lowest BCUT2D eigenvalue weighted by Crippen LogP contribution is -2.58. The first kappa shape index (κ1) is 37.2. The number of hydrogen-bond acceptors (Lipinski definition) is 8. The second kappa shape index (κ2) is 16.3. The normalized spacial score (nSPS) is 18.3. The van der Waals surface area contributed by atoms with E-state index in [1.165, 1.54) is 22.7 Å². The Morgan fingerprint density at radius 3 is 2.22 bits per heavy atom. The number of aliphatic carboxylic acids is 1. The molecular formula is C37H46N4O7S2. The highest BCUT2D eigenvalue weighted by Crippen LogP contribution is 2.44. The number of amides is 2. The summed E-state index contributed by atoms with van der Waals surface area (Å²) in [7, 11) is -4.04. The maximum absolute atomic E-state index is 14.3. The molecule has 0 unspecified atom stereocenters. The summed E-state index contributed by atoms with van der Waals surface area (Å²) in [5.74, 6) is -2.02. The molecule has 0 aromatic heterocycles. The van der Waals surface area contributed by atoms with Crippen LogP contribution in [0.4, 0.5) is 11.4 Å². The van der Waals surface area contributed by atoms with E-state index in [-0.39, 0.29) is 17.2 Å². The van der Waals surface area contributed by atoms with Crippen LogP contribution in [0, 0.1) is 0 Å². The zero-order valence-electron chi connectivity index (χ0n) is 28.8. The molecule has 0 radical (unpaired) electrons. The lowest BCUT2D eigenvalue weighted by Gasteiger charge is -2.40. The second-order valence-corrected chi connectivity index (χ2v) is 15.4. The van der Waals surface area contributed by atoms with Crippen molar-refractivity contribution >= 4 is 50.9 Å². The Bertz CT molecular complexity index is 1760. The Morgan fingerprint density at radius 2 is 1.66 bits per heavy atom. The van der Waals surface area contributed by atoms with E-state index in [2.05, 4.69) is 28.8 Å². The van der Waals surface area contributed by atoms with Gasteiger partial charge in [-0.3, -0.25) is 9.59 Å². The fourth-order valence-electron chi connectivity index (χ4n) is 6.60. The first-order chi connectivity index (χ1) is 24.0. The van der Waals surface area contributed by atoms with Crippen molar-refractivity contribution in [2.24, 2.45) is 0 Å². The lowest BCUT2D eigenvalue weighted by molar-refractivity contribution is -0.158. The van der Waals surface area contributed by atoms with Crippen LogP contribution in [0.2, 0.25) is 0 Å². The average molecular weight is 723 g/mol. The first-order valence-electron chi connectivity index (χ1n) is 17.1. The van der Waals surface area contributed by atoms with Crippen molar-refractivity contribution in [2.45, 2.75) is 86.2 Å². The molecule has 0 bridgehead atoms. The molecule has 2 aliphatic rings. The van der Waals surface area contributed by atoms with Crippen LogP contribution >= 0.6 is 11.8 Å². The third-order valence-corrected chi connectivity index (χ3v) is 11.7. The van der Waals surface area contributed by atoms with E-state index in [0.29, 0.717) is 42.0 Å². The van der Waals surface area contributed by atoms with Gasteiger partial charge in [-0.1, -0.05) is 88.1 Å². The van der Waals surface area contributed by atoms with Crippen LogP contribution in [0.3, 0.4) is 0 Å². The van der Waals surface area contributed by atoms with E-state index in [1.54, 1.807) is 36.4 Å². The molecule has 2 heterocycles. The summed E-state index contributed by atoms with van der Waals surface area (Å²) in [5.41, 5.74) is 1.20. The number of nitrogens with one attached hydrogen (secondary N) is 2. The van der Waals surface area contributed by atoms with Crippen molar-refractivity contribution in [2.75, 3.05) is 30.9 Å². The number of ether oxygens (including phenoxy) is 1. The number of likely N-dealkylation sites (tertiary alicyclic amines) is 1. The molecule has 0 aliphatic carbocycles. The van der Waals surface area contributed by atoms with E-state index in [0.717, 1.165) is 31.4 Å². The van der Waals surface area contributed by atoms with E-state index in [1.807, 2.05) is 36.6 Å². The number of para-hydroxylation sites is 1. The number of rotatable bonds is 15. The number of anilines is 2. The number of thioether (sulfide) groups is 1. The fraction of sp³-hybridized carbons (Fsp3) is 0.432. The minimum absolute atomic E-state index is 0.0549. The number of sulfonamides is 1. The zero-order chi connectivity index (χ0) is 35.9. The molecule has 1 fully saturated rings. The van der Waals surface area contributed by atoms with Crippen LogP contribution in [0.25, 0.3) is 0 Å². The van der Waals surface area contributed by atoms with Gasteiger partial charge in [0, 0.05) is 24.8 Å². The molecule has 5 rings (SSSR count). The summed E-state index contributed by atoms with van der Waals surface area (Å²) < 4.78 is 37.7. The number of carbonyl (C=O) groups excluding carboxylic acids is 2.